The van der Waals surface area contributed by atoms with Crippen molar-refractivity contribution in [1.82, 2.24) is 9.78 Å². The van der Waals surface area contributed by atoms with E-state index in [1.54, 1.807) is 4.68 Å². The normalized spacial score (nSPS) is 10.2. The molecule has 0 saturated carbocycles. The smallest absolute Gasteiger partial charge is 0.287 e. The van der Waals surface area contributed by atoms with Gasteiger partial charge in [-0.3, -0.25) is 14.6 Å². The topological polar surface area (TPSA) is 63.8 Å². The Kier molecular flexibility index (Phi) is 1.53. The van der Waals surface area contributed by atoms with E-state index in [2.05, 4.69) is 5.10 Å². The van der Waals surface area contributed by atoms with Crippen LogP contribution in [-0.4, -0.2) is 9.78 Å². The van der Waals surface area contributed by atoms with Crippen LogP contribution in [0.25, 0.3) is 0 Å². The van der Waals surface area contributed by atoms with Crippen LogP contribution in [0.15, 0.2) is 4.79 Å². The fourth-order valence-electron chi connectivity index (χ4n) is 0.893. The maximum atomic E-state index is 10.8. The van der Waals surface area contributed by atoms with Gasteiger partial charge in [-0.05, 0) is 13.8 Å². The minimum absolute atomic E-state index is 0.195. The first-order chi connectivity index (χ1) is 4.66. The van der Waals surface area contributed by atoms with Gasteiger partial charge in [0, 0.05) is 6.54 Å². The lowest BCUT2D eigenvalue weighted by molar-refractivity contribution is 0.634. The molecule has 10 heavy (non-hydrogen) atoms. The summed E-state index contributed by atoms with van der Waals surface area (Å²) in [6, 6.07) is 0. The van der Waals surface area contributed by atoms with Crippen molar-refractivity contribution >= 4 is 5.69 Å². The molecule has 4 nitrogen and oxygen atoms in total. The summed E-state index contributed by atoms with van der Waals surface area (Å²) in [4.78, 5) is 10.8. The van der Waals surface area contributed by atoms with Crippen LogP contribution in [0.2, 0.25) is 0 Å². The van der Waals surface area contributed by atoms with E-state index >= 15 is 0 Å². The minimum Gasteiger partial charge on any atom is -0.393 e. The number of hydrogen-bond acceptors (Lipinski definition) is 2. The second kappa shape index (κ2) is 2.21. The van der Waals surface area contributed by atoms with Crippen LogP contribution in [0.5, 0.6) is 0 Å². The fourth-order valence-corrected chi connectivity index (χ4v) is 0.893. The molecule has 0 aliphatic heterocycles. The Morgan fingerprint density at radius 3 is 2.50 bits per heavy atom. The second-order valence-electron chi connectivity index (χ2n) is 2.18. The van der Waals surface area contributed by atoms with E-state index in [0.29, 0.717) is 5.69 Å². The third-order valence-electron chi connectivity index (χ3n) is 1.59. The lowest BCUT2D eigenvalue weighted by Crippen LogP contribution is -2.06. The van der Waals surface area contributed by atoms with Gasteiger partial charge in [0.1, 0.15) is 5.69 Å². The van der Waals surface area contributed by atoms with Gasteiger partial charge in [-0.1, -0.05) is 0 Å². The Morgan fingerprint density at radius 1 is 1.70 bits per heavy atom. The summed E-state index contributed by atoms with van der Waals surface area (Å²) in [5, 5.41) is 2.60. The van der Waals surface area contributed by atoms with Gasteiger partial charge in [-0.15, -0.1) is 0 Å². The van der Waals surface area contributed by atoms with Crippen molar-refractivity contribution in [2.24, 2.45) is 0 Å². The highest BCUT2D eigenvalue weighted by Crippen LogP contribution is 2.01. The van der Waals surface area contributed by atoms with Crippen LogP contribution >= 0.6 is 0 Å². The van der Waals surface area contributed by atoms with E-state index in [4.69, 9.17) is 5.73 Å². The number of aryl methyl sites for hydroxylation is 1. The molecule has 0 unspecified atom stereocenters. The largest absolute Gasteiger partial charge is 0.393 e. The van der Waals surface area contributed by atoms with Crippen LogP contribution in [0, 0.1) is 6.92 Å². The van der Waals surface area contributed by atoms with Crippen LogP contribution in [0.1, 0.15) is 12.6 Å². The zero-order chi connectivity index (χ0) is 7.72. The van der Waals surface area contributed by atoms with Gasteiger partial charge in [0.15, 0.2) is 0 Å². The number of nitrogens with zero attached hydrogens (tertiary/aromatic N) is 1. The van der Waals surface area contributed by atoms with Crippen LogP contribution < -0.4 is 11.3 Å². The molecule has 0 saturated heterocycles. The lowest BCUT2D eigenvalue weighted by Gasteiger charge is -1.97. The van der Waals surface area contributed by atoms with E-state index in [1.165, 1.54) is 0 Å². The number of anilines is 1. The lowest BCUT2D eigenvalue weighted by atomic mass is 10.4. The molecule has 0 spiro atoms. The highest BCUT2D eigenvalue weighted by Gasteiger charge is 2.03. The van der Waals surface area contributed by atoms with Gasteiger partial charge in [0.05, 0.1) is 5.69 Å². The Hall–Kier alpha value is -1.19. The number of H-pyrrole nitrogens is 1. The molecule has 0 amide bonds. The summed E-state index contributed by atoms with van der Waals surface area (Å²) < 4.78 is 1.72. The van der Waals surface area contributed by atoms with E-state index in [-0.39, 0.29) is 5.56 Å². The molecule has 56 valence electrons. The summed E-state index contributed by atoms with van der Waals surface area (Å²) in [6.45, 7) is 4.51. The molecule has 1 rings (SSSR count). The third kappa shape index (κ3) is 0.814. The average Bonchev–Trinajstić information content (AvgIpc) is 2.17. The number of aromatic nitrogens is 2. The zero-order valence-corrected chi connectivity index (χ0v) is 6.14. The predicted molar refractivity (Wildman–Crippen MR) is 39.9 cm³/mol. The molecule has 3 N–H and O–H groups in total. The molecule has 0 aliphatic carbocycles. The number of hydrogen-bond donors (Lipinski definition) is 2. The summed E-state index contributed by atoms with van der Waals surface area (Å²) in [7, 11) is 0. The van der Waals surface area contributed by atoms with Crippen LogP contribution in [-0.2, 0) is 6.54 Å². The Balaban J connectivity index is 3.31. The summed E-state index contributed by atoms with van der Waals surface area (Å²) in [6.07, 6.45) is 0. The molecule has 1 aromatic heterocycles. The van der Waals surface area contributed by atoms with E-state index in [1.807, 2.05) is 13.8 Å². The van der Waals surface area contributed by atoms with Crippen molar-refractivity contribution < 1.29 is 0 Å². The minimum atomic E-state index is -0.195. The number of nitrogens with one attached hydrogen (secondary N) is 1. The molecule has 1 heterocycles. The first kappa shape index (κ1) is 6.92. The van der Waals surface area contributed by atoms with Gasteiger partial charge in [-0.25, -0.2) is 0 Å². The van der Waals surface area contributed by atoms with Crippen LogP contribution in [0.3, 0.4) is 0 Å². The molecular formula is C6H11N3O. The van der Waals surface area contributed by atoms with Crippen LogP contribution in [0.4, 0.5) is 5.69 Å². The monoisotopic (exact) mass is 141 g/mol. The molecular weight excluding hydrogens is 130 g/mol. The van der Waals surface area contributed by atoms with Crippen molar-refractivity contribution in [3.63, 3.8) is 0 Å². The molecule has 0 aliphatic rings. The molecule has 1 aromatic rings. The van der Waals surface area contributed by atoms with E-state index in [0.717, 1.165) is 12.2 Å². The van der Waals surface area contributed by atoms with Gasteiger partial charge in [0.25, 0.3) is 5.56 Å². The average molecular weight is 141 g/mol. The summed E-state index contributed by atoms with van der Waals surface area (Å²) in [5.74, 6) is 0. The number of aromatic amines is 1. The third-order valence-corrected chi connectivity index (χ3v) is 1.59. The van der Waals surface area contributed by atoms with Gasteiger partial charge in [-0.2, -0.15) is 0 Å². The summed E-state index contributed by atoms with van der Waals surface area (Å²) >= 11 is 0. The Morgan fingerprint density at radius 2 is 2.30 bits per heavy atom. The Bertz CT molecular complexity index is 284. The highest BCUT2D eigenvalue weighted by atomic mass is 16.1. The second-order valence-corrected chi connectivity index (χ2v) is 2.18. The van der Waals surface area contributed by atoms with Gasteiger partial charge >= 0.3 is 0 Å². The van der Waals surface area contributed by atoms with Crippen molar-refractivity contribution in [2.45, 2.75) is 20.4 Å². The maximum absolute atomic E-state index is 10.8. The number of rotatable bonds is 1. The molecule has 0 bridgehead atoms. The van der Waals surface area contributed by atoms with E-state index in [9.17, 15) is 4.79 Å². The molecule has 0 fully saturated rings. The number of nitrogens with two attached hydrogens (primary N) is 1. The van der Waals surface area contributed by atoms with E-state index < -0.39 is 0 Å². The molecule has 0 atom stereocenters. The van der Waals surface area contributed by atoms with Crippen molar-refractivity contribution in [2.75, 3.05) is 5.73 Å². The van der Waals surface area contributed by atoms with Crippen molar-refractivity contribution in [1.29, 1.82) is 0 Å². The van der Waals surface area contributed by atoms with Crippen molar-refractivity contribution in [3.05, 3.63) is 16.0 Å². The zero-order valence-electron chi connectivity index (χ0n) is 6.14. The van der Waals surface area contributed by atoms with Gasteiger partial charge in [0.2, 0.25) is 0 Å². The summed E-state index contributed by atoms with van der Waals surface area (Å²) in [5.41, 5.74) is 6.35. The molecule has 4 heteroatoms. The van der Waals surface area contributed by atoms with Gasteiger partial charge < -0.3 is 5.73 Å². The molecule has 0 radical (unpaired) electrons. The first-order valence-electron chi connectivity index (χ1n) is 3.21. The number of nitrogen functional groups attached to an aromatic ring is 1. The maximum Gasteiger partial charge on any atom is 0.287 e. The first-order valence-corrected chi connectivity index (χ1v) is 3.21. The highest BCUT2D eigenvalue weighted by molar-refractivity contribution is 5.39. The molecule has 0 aromatic carbocycles. The fraction of sp³-hybridized carbons (Fsp3) is 0.500. The SMILES string of the molecule is CCn1[nH]c(=O)c(N)c1C. The standard InChI is InChI=1S/C6H11N3O/c1-3-9-4(2)5(7)6(10)8-9/h3,7H2,1-2H3,(H,8,10). The quantitative estimate of drug-likeness (QED) is 0.582. The van der Waals surface area contributed by atoms with Crippen molar-refractivity contribution in [3.8, 4) is 0 Å². The predicted octanol–water partition coefficient (Wildman–Crippen LogP) is 0.0869. The Labute approximate surface area is 58.6 Å².